The molecule has 0 fully saturated rings. The Kier molecular flexibility index (Phi) is 2.86. The van der Waals surface area contributed by atoms with E-state index in [0.717, 1.165) is 0 Å². The van der Waals surface area contributed by atoms with Gasteiger partial charge in [-0.2, -0.15) is 24.3 Å². The minimum Gasteiger partial charge on any atom is -0.403 e. The van der Waals surface area contributed by atoms with E-state index in [9.17, 15) is 0 Å². The quantitative estimate of drug-likeness (QED) is 0.597. The molecule has 0 aliphatic rings. The Morgan fingerprint density at radius 3 is 2.91 bits per heavy atom. The molecular weight excluding hydrogens is 211 g/mol. The van der Waals surface area contributed by atoms with E-state index >= 15 is 0 Å². The van der Waals surface area contributed by atoms with Crippen LogP contribution in [0.2, 0.25) is 0 Å². The van der Waals surface area contributed by atoms with Crippen LogP contribution in [0.5, 0.6) is 0 Å². The van der Waals surface area contributed by atoms with Crippen molar-refractivity contribution in [3.8, 4) is 0 Å². The van der Waals surface area contributed by atoms with Crippen LogP contribution in [-0.4, -0.2) is 4.57 Å². The van der Waals surface area contributed by atoms with Gasteiger partial charge in [0.15, 0.2) is 0 Å². The van der Waals surface area contributed by atoms with Crippen LogP contribution < -0.4 is 0 Å². The van der Waals surface area contributed by atoms with Crippen LogP contribution in [0.4, 0.5) is 0 Å². The molecule has 1 nitrogen and oxygen atoms in total. The smallest absolute Gasteiger partial charge is 0 e. The molecule has 1 aromatic heterocycles. The largest absolute Gasteiger partial charge is 0.403 e. The summed E-state index contributed by atoms with van der Waals surface area (Å²) in [7, 11) is 2.04. The average molecular weight is 219 g/mol. The van der Waals surface area contributed by atoms with Gasteiger partial charge in [0.05, 0.1) is 0 Å². The van der Waals surface area contributed by atoms with Crippen LogP contribution in [0.1, 0.15) is 0 Å². The van der Waals surface area contributed by atoms with E-state index in [-0.39, 0.29) is 32.7 Å². The molecule has 0 saturated carbocycles. The third-order valence-corrected chi connectivity index (χ3v) is 1.73. The molecule has 1 aromatic carbocycles. The Hall–Kier alpha value is -0.136. The first-order valence-corrected chi connectivity index (χ1v) is 3.29. The fourth-order valence-electron chi connectivity index (χ4n) is 1.15. The van der Waals surface area contributed by atoms with E-state index in [0.29, 0.717) is 0 Å². The van der Waals surface area contributed by atoms with Gasteiger partial charge in [-0.15, -0.1) is 5.39 Å². The summed E-state index contributed by atoms with van der Waals surface area (Å²) in [6.07, 6.45) is 2.05. The number of fused-ring (bicyclic) bond motifs is 1. The van der Waals surface area contributed by atoms with Crippen molar-refractivity contribution in [1.82, 2.24) is 4.57 Å². The van der Waals surface area contributed by atoms with Gasteiger partial charge in [-0.3, -0.25) is 0 Å². The van der Waals surface area contributed by atoms with Crippen molar-refractivity contribution in [2.75, 3.05) is 0 Å². The maximum Gasteiger partial charge on any atom is 0 e. The van der Waals surface area contributed by atoms with Crippen molar-refractivity contribution >= 4 is 10.9 Å². The van der Waals surface area contributed by atoms with Gasteiger partial charge in [0, 0.05) is 32.7 Å². The number of rotatable bonds is 0. The average Bonchev–Trinajstić information content (AvgIpc) is 2.34. The fraction of sp³-hybridized carbons (Fsp3) is 0.111. The van der Waals surface area contributed by atoms with Crippen molar-refractivity contribution < 1.29 is 32.7 Å². The second kappa shape index (κ2) is 3.51. The fourth-order valence-corrected chi connectivity index (χ4v) is 1.15. The predicted molar refractivity (Wildman–Crippen MR) is 41.8 cm³/mol. The molecule has 53 valence electrons. The van der Waals surface area contributed by atoms with Gasteiger partial charge >= 0.3 is 0 Å². The number of aryl methyl sites for hydroxylation is 1. The molecule has 2 aromatic rings. The zero-order valence-corrected chi connectivity index (χ0v) is 9.25. The second-order valence-electron chi connectivity index (χ2n) is 2.41. The first kappa shape index (κ1) is 8.96. The molecule has 2 rings (SSSR count). The van der Waals surface area contributed by atoms with E-state index in [4.69, 9.17) is 0 Å². The maximum absolute atomic E-state index is 3.04. The number of benzene rings is 1. The zero-order chi connectivity index (χ0) is 6.97. The standard InChI is InChI=1S/C9H8N.Y/c1-10-7-6-8-4-2-3-5-9(8)10;/h2,4-7H,1H3;/q-1;. The topological polar surface area (TPSA) is 4.93 Å². The molecular formula is C9H8NY-. The molecule has 11 heavy (non-hydrogen) atoms. The number of aromatic nitrogens is 1. The molecule has 1 heterocycles. The maximum atomic E-state index is 3.04. The van der Waals surface area contributed by atoms with E-state index < -0.39 is 0 Å². The summed E-state index contributed by atoms with van der Waals surface area (Å²) in [5.74, 6) is 0. The van der Waals surface area contributed by atoms with Crippen LogP contribution in [-0.2, 0) is 39.8 Å². The van der Waals surface area contributed by atoms with Crippen molar-refractivity contribution in [3.63, 3.8) is 0 Å². The van der Waals surface area contributed by atoms with E-state index in [1.807, 2.05) is 19.2 Å². The second-order valence-corrected chi connectivity index (χ2v) is 2.41. The van der Waals surface area contributed by atoms with Crippen LogP contribution in [0.3, 0.4) is 0 Å². The van der Waals surface area contributed by atoms with Crippen molar-refractivity contribution in [2.45, 2.75) is 0 Å². The number of hydrogen-bond donors (Lipinski definition) is 0. The van der Waals surface area contributed by atoms with Gasteiger partial charge in [-0.05, 0) is 13.2 Å². The van der Waals surface area contributed by atoms with Gasteiger partial charge in [0.2, 0.25) is 0 Å². The molecule has 2 heteroatoms. The van der Waals surface area contributed by atoms with E-state index in [1.54, 1.807) is 0 Å². The molecule has 0 spiro atoms. The monoisotopic (exact) mass is 219 g/mol. The predicted octanol–water partition coefficient (Wildman–Crippen LogP) is 1.98. The van der Waals surface area contributed by atoms with E-state index in [1.165, 1.54) is 10.9 Å². The zero-order valence-electron chi connectivity index (χ0n) is 6.41. The molecule has 0 amide bonds. The molecule has 0 unspecified atom stereocenters. The summed E-state index contributed by atoms with van der Waals surface area (Å²) < 4.78 is 2.09. The Balaban J connectivity index is 0.000000605. The molecule has 0 bridgehead atoms. The molecule has 1 radical (unpaired) electrons. The molecule has 0 aliphatic carbocycles. The van der Waals surface area contributed by atoms with Gasteiger partial charge < -0.3 is 4.57 Å². The Labute approximate surface area is 91.3 Å². The minimum absolute atomic E-state index is 0. The molecule has 0 N–H and O–H groups in total. The molecule has 0 saturated heterocycles. The van der Waals surface area contributed by atoms with Crippen LogP contribution in [0, 0.1) is 6.07 Å². The first-order chi connectivity index (χ1) is 4.88. The summed E-state index contributed by atoms with van der Waals surface area (Å²) in [5, 5.41) is 1.28. The van der Waals surface area contributed by atoms with Crippen molar-refractivity contribution in [3.05, 3.63) is 36.5 Å². The number of nitrogens with zero attached hydrogens (tertiary/aromatic N) is 1. The van der Waals surface area contributed by atoms with Gasteiger partial charge in [-0.1, -0.05) is 11.6 Å². The summed E-state index contributed by atoms with van der Waals surface area (Å²) >= 11 is 0. The summed E-state index contributed by atoms with van der Waals surface area (Å²) in [6.45, 7) is 0. The summed E-state index contributed by atoms with van der Waals surface area (Å²) in [6, 6.07) is 11.1. The minimum atomic E-state index is 0. The Morgan fingerprint density at radius 2 is 2.18 bits per heavy atom. The van der Waals surface area contributed by atoms with Gasteiger partial charge in [0.1, 0.15) is 0 Å². The SMILES string of the molecule is Cn1ccc2cc[c-]cc21.[Y]. The molecule has 0 aliphatic heterocycles. The van der Waals surface area contributed by atoms with Crippen LogP contribution >= 0.6 is 0 Å². The van der Waals surface area contributed by atoms with E-state index in [2.05, 4.69) is 29.0 Å². The summed E-state index contributed by atoms with van der Waals surface area (Å²) in [5.41, 5.74) is 1.24. The van der Waals surface area contributed by atoms with Gasteiger partial charge in [-0.25, -0.2) is 0 Å². The Bertz CT molecular complexity index is 351. The van der Waals surface area contributed by atoms with Gasteiger partial charge in [0.25, 0.3) is 0 Å². The van der Waals surface area contributed by atoms with Crippen LogP contribution in [0.15, 0.2) is 30.5 Å². The normalized spacial score (nSPS) is 9.55. The third kappa shape index (κ3) is 1.55. The third-order valence-electron chi connectivity index (χ3n) is 1.73. The Morgan fingerprint density at radius 1 is 1.36 bits per heavy atom. The number of hydrogen-bond acceptors (Lipinski definition) is 0. The summed E-state index contributed by atoms with van der Waals surface area (Å²) in [4.78, 5) is 0. The molecule has 0 atom stereocenters. The van der Waals surface area contributed by atoms with Crippen LogP contribution in [0.25, 0.3) is 10.9 Å². The van der Waals surface area contributed by atoms with Crippen molar-refractivity contribution in [1.29, 1.82) is 0 Å². The van der Waals surface area contributed by atoms with Crippen molar-refractivity contribution in [2.24, 2.45) is 7.05 Å². The first-order valence-electron chi connectivity index (χ1n) is 3.29.